The van der Waals surface area contributed by atoms with Crippen molar-refractivity contribution >= 4 is 5.91 Å². The van der Waals surface area contributed by atoms with E-state index in [1.807, 2.05) is 18.2 Å². The minimum atomic E-state index is -0.127. The molecule has 6 nitrogen and oxygen atoms in total. The van der Waals surface area contributed by atoms with E-state index in [1.54, 1.807) is 11.1 Å². The SMILES string of the molecule is O=C(c1cnco1)N1CCC[C@H](c2ncc(Cc3ccccc3)o2)C1. The van der Waals surface area contributed by atoms with Crippen LogP contribution >= 0.6 is 0 Å². The van der Waals surface area contributed by atoms with Crippen LogP contribution in [-0.2, 0) is 6.42 Å². The topological polar surface area (TPSA) is 72.4 Å². The molecular weight excluding hydrogens is 318 g/mol. The molecule has 1 aromatic carbocycles. The highest BCUT2D eigenvalue weighted by Gasteiger charge is 2.29. The summed E-state index contributed by atoms with van der Waals surface area (Å²) in [6, 6.07) is 10.2. The highest BCUT2D eigenvalue weighted by atomic mass is 16.4. The number of aromatic nitrogens is 2. The van der Waals surface area contributed by atoms with Gasteiger partial charge in [0.1, 0.15) is 5.76 Å². The first-order chi connectivity index (χ1) is 12.3. The average molecular weight is 337 g/mol. The third kappa shape index (κ3) is 3.47. The number of carbonyl (C=O) groups is 1. The summed E-state index contributed by atoms with van der Waals surface area (Å²) in [5, 5.41) is 0. The van der Waals surface area contributed by atoms with Gasteiger partial charge in [-0.05, 0) is 18.4 Å². The molecule has 1 aliphatic heterocycles. The first-order valence-electron chi connectivity index (χ1n) is 8.46. The van der Waals surface area contributed by atoms with Gasteiger partial charge in [0, 0.05) is 19.5 Å². The minimum Gasteiger partial charge on any atom is -0.445 e. The van der Waals surface area contributed by atoms with E-state index < -0.39 is 0 Å². The van der Waals surface area contributed by atoms with Gasteiger partial charge in [-0.2, -0.15) is 0 Å². The fraction of sp³-hybridized carbons (Fsp3) is 0.316. The summed E-state index contributed by atoms with van der Waals surface area (Å²) in [5.74, 6) is 1.82. The lowest BCUT2D eigenvalue weighted by atomic mass is 9.98. The van der Waals surface area contributed by atoms with Crippen molar-refractivity contribution in [2.24, 2.45) is 0 Å². The molecular formula is C19H19N3O3. The van der Waals surface area contributed by atoms with E-state index in [4.69, 9.17) is 8.83 Å². The molecule has 0 bridgehead atoms. The zero-order valence-corrected chi connectivity index (χ0v) is 13.8. The summed E-state index contributed by atoms with van der Waals surface area (Å²) in [7, 11) is 0. The fourth-order valence-corrected chi connectivity index (χ4v) is 3.23. The van der Waals surface area contributed by atoms with Crippen molar-refractivity contribution in [3.63, 3.8) is 0 Å². The van der Waals surface area contributed by atoms with Crippen LogP contribution in [0.15, 0.2) is 58.0 Å². The van der Waals surface area contributed by atoms with Crippen molar-refractivity contribution < 1.29 is 13.6 Å². The normalized spacial score (nSPS) is 17.6. The first-order valence-corrected chi connectivity index (χ1v) is 8.46. The molecule has 0 spiro atoms. The van der Waals surface area contributed by atoms with Crippen molar-refractivity contribution in [2.75, 3.05) is 13.1 Å². The summed E-state index contributed by atoms with van der Waals surface area (Å²) in [6.45, 7) is 1.30. The number of hydrogen-bond acceptors (Lipinski definition) is 5. The van der Waals surface area contributed by atoms with Crippen LogP contribution in [-0.4, -0.2) is 33.9 Å². The zero-order chi connectivity index (χ0) is 17.1. The first kappa shape index (κ1) is 15.6. The third-order valence-corrected chi connectivity index (χ3v) is 4.49. The van der Waals surface area contributed by atoms with Gasteiger partial charge in [0.15, 0.2) is 12.3 Å². The van der Waals surface area contributed by atoms with Crippen LogP contribution in [0, 0.1) is 0 Å². The predicted octanol–water partition coefficient (Wildman–Crippen LogP) is 3.27. The molecule has 0 N–H and O–H groups in total. The molecule has 0 unspecified atom stereocenters. The van der Waals surface area contributed by atoms with E-state index in [9.17, 15) is 4.79 Å². The Morgan fingerprint density at radius 3 is 2.92 bits per heavy atom. The molecule has 1 aliphatic rings. The Hall–Kier alpha value is -2.89. The van der Waals surface area contributed by atoms with Gasteiger partial charge in [-0.25, -0.2) is 9.97 Å². The lowest BCUT2D eigenvalue weighted by molar-refractivity contribution is 0.0666. The van der Waals surface area contributed by atoms with Crippen LogP contribution in [0.5, 0.6) is 0 Å². The van der Waals surface area contributed by atoms with Gasteiger partial charge in [0.25, 0.3) is 5.91 Å². The van der Waals surface area contributed by atoms with Gasteiger partial charge in [-0.1, -0.05) is 30.3 Å². The smallest absolute Gasteiger partial charge is 0.291 e. The maximum Gasteiger partial charge on any atom is 0.291 e. The molecule has 25 heavy (non-hydrogen) atoms. The van der Waals surface area contributed by atoms with Crippen LogP contribution in [0.4, 0.5) is 0 Å². The molecule has 128 valence electrons. The van der Waals surface area contributed by atoms with E-state index in [0.717, 1.165) is 25.0 Å². The van der Waals surface area contributed by atoms with Gasteiger partial charge in [-0.15, -0.1) is 0 Å². The molecule has 0 radical (unpaired) electrons. The lowest BCUT2D eigenvalue weighted by Crippen LogP contribution is -2.39. The van der Waals surface area contributed by atoms with Crippen LogP contribution in [0.2, 0.25) is 0 Å². The van der Waals surface area contributed by atoms with Crippen molar-refractivity contribution in [3.8, 4) is 0 Å². The summed E-state index contributed by atoms with van der Waals surface area (Å²) in [6.07, 6.45) is 7.13. The van der Waals surface area contributed by atoms with Gasteiger partial charge in [0.2, 0.25) is 5.76 Å². The van der Waals surface area contributed by atoms with Crippen molar-refractivity contribution in [3.05, 3.63) is 72.1 Å². The predicted molar refractivity (Wildman–Crippen MR) is 90.1 cm³/mol. The number of oxazole rings is 2. The molecule has 1 atom stereocenters. The van der Waals surface area contributed by atoms with Crippen molar-refractivity contribution in [1.82, 2.24) is 14.9 Å². The molecule has 3 heterocycles. The quantitative estimate of drug-likeness (QED) is 0.730. The van der Waals surface area contributed by atoms with Gasteiger partial charge >= 0.3 is 0 Å². The maximum absolute atomic E-state index is 12.4. The van der Waals surface area contributed by atoms with Crippen molar-refractivity contribution in [1.29, 1.82) is 0 Å². The van der Waals surface area contributed by atoms with E-state index in [0.29, 0.717) is 19.0 Å². The Bertz CT molecular complexity index is 827. The minimum absolute atomic E-state index is 0.116. The summed E-state index contributed by atoms with van der Waals surface area (Å²) < 4.78 is 11.1. The largest absolute Gasteiger partial charge is 0.445 e. The number of hydrogen-bond donors (Lipinski definition) is 0. The average Bonchev–Trinajstić information content (AvgIpc) is 3.34. The Morgan fingerprint density at radius 1 is 1.24 bits per heavy atom. The number of likely N-dealkylation sites (tertiary alicyclic amines) is 1. The number of carbonyl (C=O) groups excluding carboxylic acids is 1. The van der Waals surface area contributed by atoms with E-state index >= 15 is 0 Å². The molecule has 0 aliphatic carbocycles. The monoisotopic (exact) mass is 337 g/mol. The van der Waals surface area contributed by atoms with Gasteiger partial charge in [-0.3, -0.25) is 4.79 Å². The standard InChI is InChI=1S/C19H19N3O3/c23-19(17-11-20-13-24-17)22-8-4-7-15(12-22)18-21-10-16(25-18)9-14-5-2-1-3-6-14/h1-3,5-6,10-11,13,15H,4,7-9,12H2/t15-/m0/s1. The zero-order valence-electron chi connectivity index (χ0n) is 13.8. The third-order valence-electron chi connectivity index (χ3n) is 4.49. The Labute approximate surface area is 145 Å². The molecule has 0 saturated carbocycles. The molecule has 3 aromatic rings. The van der Waals surface area contributed by atoms with Crippen LogP contribution in [0.1, 0.15) is 46.5 Å². The summed E-state index contributed by atoms with van der Waals surface area (Å²) >= 11 is 0. The number of nitrogens with zero attached hydrogens (tertiary/aromatic N) is 3. The Balaban J connectivity index is 1.44. The number of piperidine rings is 1. The highest BCUT2D eigenvalue weighted by molar-refractivity contribution is 5.91. The van der Waals surface area contributed by atoms with Crippen LogP contribution in [0.25, 0.3) is 0 Å². The molecule has 6 heteroatoms. The molecule has 1 saturated heterocycles. The van der Waals surface area contributed by atoms with Crippen LogP contribution in [0.3, 0.4) is 0 Å². The fourth-order valence-electron chi connectivity index (χ4n) is 3.23. The second kappa shape index (κ2) is 6.93. The highest BCUT2D eigenvalue weighted by Crippen LogP contribution is 2.28. The number of amides is 1. The lowest BCUT2D eigenvalue weighted by Gasteiger charge is -2.30. The molecule has 4 rings (SSSR count). The Morgan fingerprint density at radius 2 is 2.12 bits per heavy atom. The Kier molecular flexibility index (Phi) is 4.33. The van der Waals surface area contributed by atoms with Crippen LogP contribution < -0.4 is 0 Å². The summed E-state index contributed by atoms with van der Waals surface area (Å²) in [4.78, 5) is 22.5. The summed E-state index contributed by atoms with van der Waals surface area (Å²) in [5.41, 5.74) is 1.19. The number of rotatable bonds is 4. The molecule has 1 fully saturated rings. The maximum atomic E-state index is 12.4. The van der Waals surface area contributed by atoms with E-state index in [2.05, 4.69) is 22.1 Å². The number of benzene rings is 1. The van der Waals surface area contributed by atoms with E-state index in [-0.39, 0.29) is 17.6 Å². The van der Waals surface area contributed by atoms with Gasteiger partial charge < -0.3 is 13.7 Å². The molecule has 2 aromatic heterocycles. The molecule has 1 amide bonds. The van der Waals surface area contributed by atoms with E-state index in [1.165, 1.54) is 18.2 Å². The second-order valence-electron chi connectivity index (χ2n) is 6.28. The van der Waals surface area contributed by atoms with Crippen molar-refractivity contribution in [2.45, 2.75) is 25.2 Å². The second-order valence-corrected chi connectivity index (χ2v) is 6.28. The van der Waals surface area contributed by atoms with Gasteiger partial charge in [0.05, 0.1) is 18.3 Å².